The van der Waals surface area contributed by atoms with Crippen molar-refractivity contribution in [3.05, 3.63) is 65.0 Å². The molecular weight excluding hydrogens is 474 g/mol. The van der Waals surface area contributed by atoms with E-state index in [4.69, 9.17) is 9.47 Å². The monoisotopic (exact) mass is 495 g/mol. The van der Waals surface area contributed by atoms with E-state index in [0.29, 0.717) is 19.6 Å². The lowest BCUT2D eigenvalue weighted by molar-refractivity contribution is -0.261. The van der Waals surface area contributed by atoms with Gasteiger partial charge in [-0.25, -0.2) is 9.18 Å². The first kappa shape index (κ1) is 24.5. The number of benzene rings is 2. The molecule has 0 saturated carbocycles. The van der Waals surface area contributed by atoms with Crippen molar-refractivity contribution in [2.45, 2.75) is 30.7 Å². The Morgan fingerprint density at radius 3 is 2.54 bits per heavy atom. The molecule has 0 bridgehead atoms. The highest BCUT2D eigenvalue weighted by atomic mass is 19.4. The molecule has 2 aromatic rings. The number of halogens is 4. The first-order valence-corrected chi connectivity index (χ1v) is 10.7. The smallest absolute Gasteiger partial charge is 0.426 e. The Balaban J connectivity index is 1.61. The lowest BCUT2D eigenvalue weighted by Crippen LogP contribution is -2.56. The number of ether oxygens (including phenoxy) is 2. The lowest BCUT2D eigenvalue weighted by atomic mass is 9.87. The molecule has 0 aliphatic carbocycles. The van der Waals surface area contributed by atoms with Crippen LogP contribution in [0.15, 0.2) is 42.5 Å². The standard InChI is InChI=1S/C23H21F4N3O5/c24-15-4-2-14(3-5-15)20(32)28-12-22(23(25,26)27)17-9-13(1-6-18(17)30-21(33)35-22)10-19(31)29-16-7-8-34-11-16/h1-6,9,16H,7-8,10-12H2,(H,28,32)(H,29,31)(H,30,33)/t16-,22?/m1/s1. The van der Waals surface area contributed by atoms with Crippen LogP contribution >= 0.6 is 0 Å². The summed E-state index contributed by atoms with van der Waals surface area (Å²) in [6.07, 6.45) is -6.05. The molecule has 1 fully saturated rings. The molecular formula is C23H21F4N3O5. The quantitative estimate of drug-likeness (QED) is 0.535. The molecule has 3 N–H and O–H groups in total. The van der Waals surface area contributed by atoms with Crippen LogP contribution in [0.5, 0.6) is 0 Å². The Labute approximate surface area is 197 Å². The van der Waals surface area contributed by atoms with E-state index >= 15 is 0 Å². The second-order valence-electron chi connectivity index (χ2n) is 8.21. The zero-order chi connectivity index (χ0) is 25.2. The molecule has 2 aromatic carbocycles. The fourth-order valence-electron chi connectivity index (χ4n) is 3.96. The molecule has 2 heterocycles. The van der Waals surface area contributed by atoms with Gasteiger partial charge < -0.3 is 20.1 Å². The number of fused-ring (bicyclic) bond motifs is 1. The van der Waals surface area contributed by atoms with Crippen molar-refractivity contribution < 1.29 is 41.4 Å². The van der Waals surface area contributed by atoms with E-state index in [1.807, 2.05) is 0 Å². The van der Waals surface area contributed by atoms with Crippen molar-refractivity contribution >= 4 is 23.6 Å². The van der Waals surface area contributed by atoms with Gasteiger partial charge in [0.05, 0.1) is 31.3 Å². The van der Waals surface area contributed by atoms with E-state index in [-0.39, 0.29) is 29.3 Å². The fourth-order valence-corrected chi connectivity index (χ4v) is 3.96. The SMILES string of the molecule is O=C(Cc1ccc2c(c1)C(CNC(=O)c1ccc(F)cc1)(C(F)(F)F)OC(=O)N2)N[C@@H]1CCOC1. The molecule has 0 spiro atoms. The van der Waals surface area contributed by atoms with E-state index in [9.17, 15) is 31.9 Å². The summed E-state index contributed by atoms with van der Waals surface area (Å²) in [7, 11) is 0. The van der Waals surface area contributed by atoms with Crippen LogP contribution in [0.25, 0.3) is 0 Å². The van der Waals surface area contributed by atoms with Crippen LogP contribution < -0.4 is 16.0 Å². The van der Waals surface area contributed by atoms with Crippen LogP contribution in [0.4, 0.5) is 28.0 Å². The summed E-state index contributed by atoms with van der Waals surface area (Å²) in [5, 5.41) is 7.10. The van der Waals surface area contributed by atoms with E-state index in [1.165, 1.54) is 12.1 Å². The summed E-state index contributed by atoms with van der Waals surface area (Å²) in [6.45, 7) is -0.262. The van der Waals surface area contributed by atoms with Gasteiger partial charge in [0.2, 0.25) is 5.91 Å². The summed E-state index contributed by atoms with van der Waals surface area (Å²) in [5.41, 5.74) is -3.67. The number of hydrogen-bond acceptors (Lipinski definition) is 5. The minimum absolute atomic E-state index is 0.0782. The molecule has 0 aromatic heterocycles. The van der Waals surface area contributed by atoms with Gasteiger partial charge in [-0.05, 0) is 48.4 Å². The third kappa shape index (κ3) is 5.21. The molecule has 8 nitrogen and oxygen atoms in total. The predicted octanol–water partition coefficient (Wildman–Crippen LogP) is 3.02. The summed E-state index contributed by atoms with van der Waals surface area (Å²) < 4.78 is 66.3. The van der Waals surface area contributed by atoms with Crippen LogP contribution in [0.3, 0.4) is 0 Å². The minimum atomic E-state index is -5.13. The first-order valence-electron chi connectivity index (χ1n) is 10.7. The molecule has 2 aliphatic heterocycles. The summed E-state index contributed by atoms with van der Waals surface area (Å²) >= 11 is 0. The molecule has 12 heteroatoms. The van der Waals surface area contributed by atoms with Gasteiger partial charge in [-0.15, -0.1) is 0 Å². The number of carbonyl (C=O) groups is 3. The predicted molar refractivity (Wildman–Crippen MR) is 114 cm³/mol. The fraction of sp³-hybridized carbons (Fsp3) is 0.348. The molecule has 35 heavy (non-hydrogen) atoms. The van der Waals surface area contributed by atoms with Crippen molar-refractivity contribution in [3.8, 4) is 0 Å². The van der Waals surface area contributed by atoms with Crippen LogP contribution in [0.1, 0.15) is 27.9 Å². The molecule has 186 valence electrons. The highest BCUT2D eigenvalue weighted by Crippen LogP contribution is 2.47. The topological polar surface area (TPSA) is 106 Å². The van der Waals surface area contributed by atoms with Crippen molar-refractivity contribution in [1.82, 2.24) is 10.6 Å². The third-order valence-electron chi connectivity index (χ3n) is 5.74. The molecule has 4 rings (SSSR count). The zero-order valence-corrected chi connectivity index (χ0v) is 18.2. The van der Waals surface area contributed by atoms with E-state index in [2.05, 4.69) is 16.0 Å². The maximum absolute atomic E-state index is 14.4. The van der Waals surface area contributed by atoms with E-state index in [1.54, 1.807) is 0 Å². The summed E-state index contributed by atoms with van der Waals surface area (Å²) in [6, 6.07) is 7.83. The molecule has 0 radical (unpaired) electrons. The highest BCUT2D eigenvalue weighted by molar-refractivity contribution is 5.94. The van der Waals surface area contributed by atoms with Crippen molar-refractivity contribution in [2.75, 3.05) is 25.1 Å². The molecule has 2 atom stereocenters. The van der Waals surface area contributed by atoms with Gasteiger partial charge >= 0.3 is 12.3 Å². The number of rotatable bonds is 6. The van der Waals surface area contributed by atoms with Crippen LogP contribution in [0, 0.1) is 5.82 Å². The van der Waals surface area contributed by atoms with Crippen LogP contribution in [0.2, 0.25) is 0 Å². The summed E-state index contributed by atoms with van der Waals surface area (Å²) in [4.78, 5) is 36.8. The Kier molecular flexibility index (Phi) is 6.66. The number of hydrogen-bond donors (Lipinski definition) is 3. The molecule has 1 saturated heterocycles. The maximum Gasteiger partial charge on any atom is 0.434 e. The van der Waals surface area contributed by atoms with Gasteiger partial charge in [-0.3, -0.25) is 14.9 Å². The van der Waals surface area contributed by atoms with Crippen LogP contribution in [-0.2, 0) is 26.3 Å². The van der Waals surface area contributed by atoms with Gasteiger partial charge in [0, 0.05) is 17.7 Å². The van der Waals surface area contributed by atoms with Crippen molar-refractivity contribution in [1.29, 1.82) is 0 Å². The number of cyclic esters (lactones) is 1. The number of alkyl halides is 3. The molecule has 2 aliphatic rings. The zero-order valence-electron chi connectivity index (χ0n) is 18.2. The minimum Gasteiger partial charge on any atom is -0.426 e. The third-order valence-corrected chi connectivity index (χ3v) is 5.74. The van der Waals surface area contributed by atoms with Gasteiger partial charge in [0.15, 0.2) is 0 Å². The molecule has 1 unspecified atom stereocenters. The number of carbonyl (C=O) groups excluding carboxylic acids is 3. The van der Waals surface area contributed by atoms with E-state index < -0.39 is 47.6 Å². The van der Waals surface area contributed by atoms with Crippen LogP contribution in [-0.4, -0.2) is 49.9 Å². The van der Waals surface area contributed by atoms with Crippen molar-refractivity contribution in [2.24, 2.45) is 0 Å². The average Bonchev–Trinajstić information content (AvgIpc) is 3.30. The van der Waals surface area contributed by atoms with Gasteiger partial charge in [-0.2, -0.15) is 13.2 Å². The number of anilines is 1. The van der Waals surface area contributed by atoms with Gasteiger partial charge in [0.1, 0.15) is 5.82 Å². The van der Waals surface area contributed by atoms with Crippen molar-refractivity contribution in [3.63, 3.8) is 0 Å². The lowest BCUT2D eigenvalue weighted by Gasteiger charge is -2.39. The van der Waals surface area contributed by atoms with Gasteiger partial charge in [-0.1, -0.05) is 6.07 Å². The Hall–Kier alpha value is -3.67. The number of amides is 3. The Morgan fingerprint density at radius 2 is 1.89 bits per heavy atom. The summed E-state index contributed by atoms with van der Waals surface area (Å²) in [5.74, 6) is -1.94. The normalized spacial score (nSPS) is 21.5. The Morgan fingerprint density at radius 1 is 1.14 bits per heavy atom. The van der Waals surface area contributed by atoms with Gasteiger partial charge in [0.25, 0.3) is 11.5 Å². The average molecular weight is 495 g/mol. The second-order valence-corrected chi connectivity index (χ2v) is 8.21. The highest BCUT2D eigenvalue weighted by Gasteiger charge is 2.62. The van der Waals surface area contributed by atoms with E-state index in [0.717, 1.165) is 30.3 Å². The first-order chi connectivity index (χ1) is 16.6. The number of nitrogens with one attached hydrogen (secondary N) is 3. The largest absolute Gasteiger partial charge is 0.434 e. The maximum atomic E-state index is 14.4. The second kappa shape index (κ2) is 9.53. The Bertz CT molecular complexity index is 1130. The molecule has 3 amide bonds.